The number of carbonyl (C=O) groups excluding carboxylic acids is 2. The van der Waals surface area contributed by atoms with Crippen LogP contribution in [0.15, 0.2) is 90.4 Å². The van der Waals surface area contributed by atoms with Gasteiger partial charge in [0.2, 0.25) is 5.78 Å². The van der Waals surface area contributed by atoms with E-state index in [1.54, 1.807) is 24.3 Å². The zero-order valence-corrected chi connectivity index (χ0v) is 20.9. The second kappa shape index (κ2) is 12.2. The van der Waals surface area contributed by atoms with E-state index < -0.39 is 0 Å². The molecule has 2 aliphatic rings. The Labute approximate surface area is 209 Å². The topological polar surface area (TPSA) is 60.9 Å². The number of Topliss-reactive ketones (excluding diaryl/α,β-unsaturated/α-hetero) is 1. The molecular formula is C30H36N2O3. The molecule has 0 fully saturated rings. The van der Waals surface area contributed by atoms with E-state index in [-0.39, 0.29) is 34.0 Å². The summed E-state index contributed by atoms with van der Waals surface area (Å²) in [5.41, 5.74) is 3.08. The van der Waals surface area contributed by atoms with Gasteiger partial charge in [-0.1, -0.05) is 51.0 Å². The van der Waals surface area contributed by atoms with E-state index in [4.69, 9.17) is 0 Å². The van der Waals surface area contributed by atoms with E-state index in [0.717, 1.165) is 50.2 Å². The van der Waals surface area contributed by atoms with Crippen LogP contribution >= 0.6 is 0 Å². The first-order chi connectivity index (χ1) is 17.0. The minimum Gasteiger partial charge on any atom is -0.506 e. The second-order valence-corrected chi connectivity index (χ2v) is 8.83. The number of nitrogens with zero attached hydrogens (tertiary/aromatic N) is 2. The first-order valence-corrected chi connectivity index (χ1v) is 12.5. The number of allylic oxidation sites excluding steroid dienone is 6. The molecule has 0 unspecified atom stereocenters. The molecule has 1 aromatic rings. The van der Waals surface area contributed by atoms with Crippen LogP contribution in [-0.4, -0.2) is 47.8 Å². The fourth-order valence-corrected chi connectivity index (χ4v) is 4.34. The van der Waals surface area contributed by atoms with Gasteiger partial charge in [0.25, 0.3) is 0 Å². The molecule has 1 N–H and O–H groups in total. The Morgan fingerprint density at radius 2 is 1.46 bits per heavy atom. The summed E-state index contributed by atoms with van der Waals surface area (Å²) >= 11 is 0. The third-order valence-electron chi connectivity index (χ3n) is 6.31. The van der Waals surface area contributed by atoms with E-state index in [1.807, 2.05) is 29.2 Å². The monoisotopic (exact) mass is 472 g/mol. The van der Waals surface area contributed by atoms with Gasteiger partial charge in [-0.05, 0) is 42.7 Å². The predicted octanol–water partition coefficient (Wildman–Crippen LogP) is 5.94. The van der Waals surface area contributed by atoms with Gasteiger partial charge in [-0.2, -0.15) is 0 Å². The van der Waals surface area contributed by atoms with Crippen molar-refractivity contribution in [3.05, 3.63) is 96.0 Å². The van der Waals surface area contributed by atoms with Crippen molar-refractivity contribution in [3.8, 4) is 0 Å². The summed E-state index contributed by atoms with van der Waals surface area (Å²) in [7, 11) is 0. The normalized spacial score (nSPS) is 17.3. The number of aliphatic hydroxyl groups is 1. The number of unbranched alkanes of at least 4 members (excludes halogenated alkanes) is 2. The molecule has 0 saturated heterocycles. The maximum absolute atomic E-state index is 13.0. The van der Waals surface area contributed by atoms with E-state index >= 15 is 0 Å². The van der Waals surface area contributed by atoms with Crippen LogP contribution in [0.1, 0.15) is 45.1 Å². The van der Waals surface area contributed by atoms with Crippen LogP contribution in [0.5, 0.6) is 0 Å². The van der Waals surface area contributed by atoms with Crippen LogP contribution in [0, 0.1) is 0 Å². The number of ketones is 2. The molecule has 5 nitrogen and oxygen atoms in total. The van der Waals surface area contributed by atoms with Gasteiger partial charge >= 0.3 is 0 Å². The van der Waals surface area contributed by atoms with Crippen LogP contribution in [-0.2, 0) is 9.59 Å². The molecule has 0 radical (unpaired) electrons. The smallest absolute Gasteiger partial charge is 0.201 e. The van der Waals surface area contributed by atoms with Crippen LogP contribution in [0.2, 0.25) is 0 Å². The van der Waals surface area contributed by atoms with Crippen molar-refractivity contribution in [3.63, 3.8) is 0 Å². The molecule has 0 heterocycles. The maximum Gasteiger partial charge on any atom is 0.201 e. The van der Waals surface area contributed by atoms with Crippen molar-refractivity contribution in [1.82, 2.24) is 4.90 Å². The standard InChI is InChI=1S/C30H36N2O3/c1-5-9-19-32(20-10-6-2)23-13-11-22(12-14-23)27-29(34)28(30(27)35)25-16-15-24(21-26(25)33)31(17-7-3)18-8-4/h7-8,11-16,21,34H,3-6,9-10,17-20H2,1-2H3/b28-25+. The molecule has 1 aromatic carbocycles. The highest BCUT2D eigenvalue weighted by Crippen LogP contribution is 2.39. The fourth-order valence-electron chi connectivity index (χ4n) is 4.34. The molecule has 0 aliphatic heterocycles. The zero-order valence-electron chi connectivity index (χ0n) is 20.9. The lowest BCUT2D eigenvalue weighted by molar-refractivity contribution is -0.114. The number of carbonyl (C=O) groups is 2. The van der Waals surface area contributed by atoms with Gasteiger partial charge in [0.1, 0.15) is 5.76 Å². The highest BCUT2D eigenvalue weighted by molar-refractivity contribution is 6.41. The van der Waals surface area contributed by atoms with E-state index in [9.17, 15) is 14.7 Å². The molecular weight excluding hydrogens is 436 g/mol. The molecule has 3 rings (SSSR count). The van der Waals surface area contributed by atoms with E-state index in [2.05, 4.69) is 31.9 Å². The summed E-state index contributed by atoms with van der Waals surface area (Å²) in [6.45, 7) is 15.0. The van der Waals surface area contributed by atoms with Crippen molar-refractivity contribution in [1.29, 1.82) is 0 Å². The predicted molar refractivity (Wildman–Crippen MR) is 144 cm³/mol. The molecule has 0 bridgehead atoms. The Kier molecular flexibility index (Phi) is 9.07. The lowest BCUT2D eigenvalue weighted by Crippen LogP contribution is -2.28. The highest BCUT2D eigenvalue weighted by Gasteiger charge is 2.38. The van der Waals surface area contributed by atoms with Gasteiger partial charge in [0.05, 0.1) is 11.1 Å². The lowest BCUT2D eigenvalue weighted by atomic mass is 9.79. The lowest BCUT2D eigenvalue weighted by Gasteiger charge is -2.27. The zero-order chi connectivity index (χ0) is 25.4. The largest absolute Gasteiger partial charge is 0.506 e. The molecule has 184 valence electrons. The van der Waals surface area contributed by atoms with Crippen LogP contribution in [0.4, 0.5) is 5.69 Å². The van der Waals surface area contributed by atoms with Gasteiger partial charge in [-0.15, -0.1) is 13.2 Å². The second-order valence-electron chi connectivity index (χ2n) is 8.83. The molecule has 0 spiro atoms. The Hall–Kier alpha value is -3.60. The summed E-state index contributed by atoms with van der Waals surface area (Å²) in [5, 5.41) is 10.8. The number of rotatable bonds is 13. The average Bonchev–Trinajstić information content (AvgIpc) is 2.86. The number of hydrogen-bond acceptors (Lipinski definition) is 5. The molecule has 0 saturated carbocycles. The minimum atomic E-state index is -0.303. The van der Waals surface area contributed by atoms with E-state index in [0.29, 0.717) is 18.7 Å². The number of benzene rings is 1. The molecule has 2 aliphatic carbocycles. The van der Waals surface area contributed by atoms with Crippen molar-refractivity contribution < 1.29 is 14.7 Å². The number of anilines is 1. The Bertz CT molecular complexity index is 1080. The SMILES string of the molecule is C=CCN(CC=C)C1=CC(=O)/C(=C2/C(=O)C(c3ccc(N(CCCC)CCCC)cc3)=C2O)C=C1. The summed E-state index contributed by atoms with van der Waals surface area (Å²) in [4.78, 5) is 30.2. The van der Waals surface area contributed by atoms with Crippen LogP contribution in [0.3, 0.4) is 0 Å². The quantitative estimate of drug-likeness (QED) is 0.284. The van der Waals surface area contributed by atoms with Gasteiger partial charge in [-0.3, -0.25) is 9.59 Å². The highest BCUT2D eigenvalue weighted by atomic mass is 16.3. The van der Waals surface area contributed by atoms with Crippen LogP contribution in [0.25, 0.3) is 5.57 Å². The number of aliphatic hydroxyl groups excluding tert-OH is 1. The Morgan fingerprint density at radius 1 is 0.857 bits per heavy atom. The van der Waals surface area contributed by atoms with Crippen molar-refractivity contribution in [2.75, 3.05) is 31.1 Å². The van der Waals surface area contributed by atoms with Gasteiger partial charge in [0.15, 0.2) is 5.78 Å². The Balaban J connectivity index is 1.83. The summed E-state index contributed by atoms with van der Waals surface area (Å²) in [5.74, 6) is -0.717. The molecule has 5 heteroatoms. The molecule has 0 amide bonds. The first kappa shape index (κ1) is 26.0. The van der Waals surface area contributed by atoms with Gasteiger partial charge in [0, 0.05) is 49.2 Å². The molecule has 35 heavy (non-hydrogen) atoms. The van der Waals surface area contributed by atoms with Gasteiger partial charge in [-0.25, -0.2) is 0 Å². The summed E-state index contributed by atoms with van der Waals surface area (Å²) in [6, 6.07) is 7.77. The van der Waals surface area contributed by atoms with Crippen molar-refractivity contribution in [2.24, 2.45) is 0 Å². The minimum absolute atomic E-state index is 0.0899. The average molecular weight is 473 g/mol. The van der Waals surface area contributed by atoms with Gasteiger partial charge < -0.3 is 14.9 Å². The van der Waals surface area contributed by atoms with Crippen molar-refractivity contribution >= 4 is 22.8 Å². The van der Waals surface area contributed by atoms with Crippen LogP contribution < -0.4 is 4.90 Å². The number of hydrogen-bond donors (Lipinski definition) is 1. The van der Waals surface area contributed by atoms with Crippen molar-refractivity contribution in [2.45, 2.75) is 39.5 Å². The summed E-state index contributed by atoms with van der Waals surface area (Å²) < 4.78 is 0. The molecule has 0 atom stereocenters. The fraction of sp³-hybridized carbons (Fsp3) is 0.333. The van der Waals surface area contributed by atoms with E-state index in [1.165, 1.54) is 6.08 Å². The third-order valence-corrected chi connectivity index (χ3v) is 6.31. The first-order valence-electron chi connectivity index (χ1n) is 12.5. The molecule has 0 aromatic heterocycles. The Morgan fingerprint density at radius 3 is 1.94 bits per heavy atom. The third kappa shape index (κ3) is 5.73. The summed E-state index contributed by atoms with van der Waals surface area (Å²) in [6.07, 6.45) is 12.9. The maximum atomic E-state index is 13.0.